The molecule has 7 rings (SSSR count). The van der Waals surface area contributed by atoms with Crippen LogP contribution >= 0.6 is 0 Å². The van der Waals surface area contributed by atoms with E-state index in [1.807, 2.05) is 65.8 Å². The summed E-state index contributed by atoms with van der Waals surface area (Å²) in [4.78, 5) is 42.8. The molecule has 0 bridgehead atoms. The van der Waals surface area contributed by atoms with Crippen molar-refractivity contribution in [2.45, 2.75) is 117 Å². The van der Waals surface area contributed by atoms with E-state index in [9.17, 15) is 27.2 Å². The van der Waals surface area contributed by atoms with Gasteiger partial charge in [0.05, 0.1) is 35.0 Å². The summed E-state index contributed by atoms with van der Waals surface area (Å²) < 4.78 is 55.0. The molecule has 0 radical (unpaired) electrons. The number of carbonyl (C=O) groups excluding carboxylic acids is 2. The molecule has 5 aromatic rings. The van der Waals surface area contributed by atoms with Crippen molar-refractivity contribution >= 4 is 33.6 Å². The number of halogens is 4. The zero-order valence-corrected chi connectivity index (χ0v) is 33.0. The summed E-state index contributed by atoms with van der Waals surface area (Å²) in [5.41, 5.74) is 4.58. The number of imidazole rings is 2. The summed E-state index contributed by atoms with van der Waals surface area (Å²) in [6, 6.07) is 17.6. The number of benzene rings is 3. The third-order valence-corrected chi connectivity index (χ3v) is 11.6. The Hall–Kier alpha value is -4.74. The first-order chi connectivity index (χ1) is 26.2. The molecule has 298 valence electrons. The van der Waals surface area contributed by atoms with Crippen LogP contribution in [-0.2, 0) is 9.59 Å². The zero-order chi connectivity index (χ0) is 40.2. The number of fused-ring (bicyclic) bond motifs is 2. The van der Waals surface area contributed by atoms with Crippen molar-refractivity contribution in [3.63, 3.8) is 0 Å². The highest BCUT2D eigenvalue weighted by Crippen LogP contribution is 2.40. The summed E-state index contributed by atoms with van der Waals surface area (Å²) >= 11 is 0. The highest BCUT2D eigenvalue weighted by molar-refractivity contribution is 5.92. The summed E-state index contributed by atoms with van der Waals surface area (Å²) in [7, 11) is 0. The monoisotopic (exact) mass is 772 g/mol. The van der Waals surface area contributed by atoms with Crippen LogP contribution in [0.5, 0.6) is 0 Å². The molecule has 4 N–H and O–H groups in total. The minimum Gasteiger partial charge on any atom is -0.345 e. The topological polar surface area (TPSA) is 116 Å². The Morgan fingerprint density at radius 3 is 1.66 bits per heavy atom. The van der Waals surface area contributed by atoms with Crippen LogP contribution in [0.25, 0.3) is 44.2 Å². The average molecular weight is 773 g/mol. The quantitative estimate of drug-likeness (QED) is 0.118. The molecule has 2 fully saturated rings. The predicted molar refractivity (Wildman–Crippen MR) is 211 cm³/mol. The Bertz CT molecular complexity index is 2230. The maximum atomic E-state index is 13.8. The molecule has 56 heavy (non-hydrogen) atoms. The molecule has 2 aliphatic carbocycles. The van der Waals surface area contributed by atoms with Gasteiger partial charge in [-0.1, -0.05) is 71.9 Å². The van der Waals surface area contributed by atoms with Gasteiger partial charge >= 0.3 is 0 Å². The van der Waals surface area contributed by atoms with E-state index in [1.165, 1.54) is 0 Å². The maximum absolute atomic E-state index is 13.8. The van der Waals surface area contributed by atoms with E-state index >= 15 is 0 Å². The molecule has 8 nitrogen and oxygen atoms in total. The molecule has 0 saturated heterocycles. The lowest BCUT2D eigenvalue weighted by Gasteiger charge is -2.33. The fourth-order valence-corrected chi connectivity index (χ4v) is 8.08. The maximum Gasteiger partial charge on any atom is 0.248 e. The first kappa shape index (κ1) is 39.5. The van der Waals surface area contributed by atoms with Crippen LogP contribution in [0.1, 0.15) is 117 Å². The molecule has 0 spiro atoms. The van der Waals surface area contributed by atoms with Gasteiger partial charge in [0, 0.05) is 43.1 Å². The number of alkyl halides is 4. The lowest BCUT2D eigenvalue weighted by atomic mass is 9.83. The fraction of sp³-hybridized carbons (Fsp3) is 0.500. The van der Waals surface area contributed by atoms with Crippen molar-refractivity contribution < 1.29 is 27.2 Å². The van der Waals surface area contributed by atoms with Crippen molar-refractivity contribution in [1.82, 2.24) is 30.6 Å². The second-order valence-corrected chi connectivity index (χ2v) is 18.2. The zero-order valence-electron chi connectivity index (χ0n) is 33.0. The first-order valence-corrected chi connectivity index (χ1v) is 19.7. The Morgan fingerprint density at radius 2 is 1.12 bits per heavy atom. The van der Waals surface area contributed by atoms with Gasteiger partial charge < -0.3 is 20.6 Å². The van der Waals surface area contributed by atoms with Crippen LogP contribution in [0.3, 0.4) is 0 Å². The summed E-state index contributed by atoms with van der Waals surface area (Å²) in [6.45, 7) is 12.1. The van der Waals surface area contributed by atoms with Crippen LogP contribution < -0.4 is 10.6 Å². The molecule has 3 aromatic carbocycles. The van der Waals surface area contributed by atoms with Crippen molar-refractivity contribution in [3.8, 4) is 22.4 Å². The Kier molecular flexibility index (Phi) is 10.3. The SMILES string of the molecule is CC(C)(C)[C@H](NC(=O)C1CCC(F)(F)CC1)c1ncc(-c2ccc3cc(-c4ccc5nc([C@@H](NC(=O)C6CCC(F)(F)CC6)C(C)(C)C)[nH]c5c4)ccc3c2)[nH]1. The lowest BCUT2D eigenvalue weighted by molar-refractivity contribution is -0.131. The molecule has 2 aromatic heterocycles. The number of carbonyl (C=O) groups is 2. The number of hydrogen-bond acceptors (Lipinski definition) is 4. The molecule has 2 atom stereocenters. The number of amides is 2. The minimum atomic E-state index is -2.70. The number of H-pyrrole nitrogens is 2. The van der Waals surface area contributed by atoms with Gasteiger partial charge in [-0.05, 0) is 82.7 Å². The molecule has 0 aliphatic heterocycles. The number of hydrogen-bond donors (Lipinski definition) is 4. The Labute approximate surface area is 325 Å². The van der Waals surface area contributed by atoms with Gasteiger partial charge in [-0.3, -0.25) is 9.59 Å². The van der Waals surface area contributed by atoms with Crippen LogP contribution in [-0.4, -0.2) is 43.6 Å². The number of nitrogens with one attached hydrogen (secondary N) is 4. The largest absolute Gasteiger partial charge is 0.345 e. The molecule has 0 unspecified atom stereocenters. The normalized spacial score (nSPS) is 19.2. The van der Waals surface area contributed by atoms with Crippen LogP contribution in [0.2, 0.25) is 0 Å². The highest BCUT2D eigenvalue weighted by atomic mass is 19.3. The lowest BCUT2D eigenvalue weighted by Crippen LogP contribution is -2.42. The predicted octanol–water partition coefficient (Wildman–Crippen LogP) is 10.8. The molecule has 12 heteroatoms. The van der Waals surface area contributed by atoms with Gasteiger partial charge in [-0.25, -0.2) is 27.5 Å². The van der Waals surface area contributed by atoms with E-state index in [2.05, 4.69) is 55.9 Å². The summed E-state index contributed by atoms with van der Waals surface area (Å²) in [6.07, 6.45) is 1.39. The van der Waals surface area contributed by atoms with Crippen molar-refractivity contribution in [3.05, 3.63) is 72.4 Å². The summed E-state index contributed by atoms with van der Waals surface area (Å²) in [5, 5.41) is 8.32. The van der Waals surface area contributed by atoms with Gasteiger partial charge in [0.15, 0.2) is 0 Å². The first-order valence-electron chi connectivity index (χ1n) is 19.7. The number of nitrogens with zero attached hydrogens (tertiary/aromatic N) is 2. The van der Waals surface area contributed by atoms with Crippen LogP contribution in [0, 0.1) is 22.7 Å². The van der Waals surface area contributed by atoms with Gasteiger partial charge in [-0.2, -0.15) is 0 Å². The minimum absolute atomic E-state index is 0.172. The summed E-state index contributed by atoms with van der Waals surface area (Å²) in [5.74, 6) is -5.44. The number of aromatic nitrogens is 4. The fourth-order valence-electron chi connectivity index (χ4n) is 8.08. The van der Waals surface area contributed by atoms with E-state index < -0.39 is 35.8 Å². The smallest absolute Gasteiger partial charge is 0.248 e. The Morgan fingerprint density at radius 1 is 0.661 bits per heavy atom. The van der Waals surface area contributed by atoms with Crippen LogP contribution in [0.15, 0.2) is 60.8 Å². The van der Waals surface area contributed by atoms with E-state index in [-0.39, 0.29) is 74.0 Å². The Balaban J connectivity index is 1.07. The number of rotatable bonds is 8. The van der Waals surface area contributed by atoms with Crippen LogP contribution in [0.4, 0.5) is 17.6 Å². The number of aromatic amines is 2. The van der Waals surface area contributed by atoms with Gasteiger partial charge in [0.1, 0.15) is 11.6 Å². The molecule has 2 amide bonds. The standard InChI is InChI=1S/C44H52F4N6O2/c1-41(2,3)35(53-39(55)25-13-17-43(45,46)18-14-25)37-49-24-34(52-37)31-10-9-27-21-28(7-8-29(27)22-31)30-11-12-32-33(23-30)51-38(50-32)36(42(4,5)6)54-40(56)26-15-19-44(47,48)20-16-26/h7-12,21-26,35-36H,13-20H2,1-6H3,(H,49,52)(H,50,51)(H,53,55)(H,54,56)/t35-,36-/m1/s1. The van der Waals surface area contributed by atoms with Crippen molar-refractivity contribution in [2.75, 3.05) is 0 Å². The van der Waals surface area contributed by atoms with E-state index in [4.69, 9.17) is 4.98 Å². The third kappa shape index (κ3) is 8.64. The second-order valence-electron chi connectivity index (χ2n) is 18.2. The van der Waals surface area contributed by atoms with Gasteiger partial charge in [0.25, 0.3) is 0 Å². The molecular formula is C44H52F4N6O2. The highest BCUT2D eigenvalue weighted by Gasteiger charge is 2.41. The van der Waals surface area contributed by atoms with E-state index in [0.717, 1.165) is 44.2 Å². The second kappa shape index (κ2) is 14.6. The molecule has 2 heterocycles. The van der Waals surface area contributed by atoms with Gasteiger partial charge in [-0.15, -0.1) is 0 Å². The van der Waals surface area contributed by atoms with E-state index in [0.29, 0.717) is 11.6 Å². The third-order valence-electron chi connectivity index (χ3n) is 11.6. The van der Waals surface area contributed by atoms with E-state index in [1.54, 1.807) is 6.20 Å². The average Bonchev–Trinajstić information content (AvgIpc) is 3.78. The molecule has 2 aliphatic rings. The van der Waals surface area contributed by atoms with Crippen molar-refractivity contribution in [2.24, 2.45) is 22.7 Å². The molecular weight excluding hydrogens is 721 g/mol. The van der Waals surface area contributed by atoms with Crippen molar-refractivity contribution in [1.29, 1.82) is 0 Å². The van der Waals surface area contributed by atoms with Gasteiger partial charge in [0.2, 0.25) is 23.7 Å². The molecule has 2 saturated carbocycles.